The Kier molecular flexibility index (Phi) is 8.12. The molecule has 6 N–H and O–H groups in total. The fraction of sp³-hybridized carbons (Fsp3) is 0.300. The number of nitrogens with two attached hydrogens (primary N) is 3. The Balaban J connectivity index is 0.000000262. The first-order valence-electron chi connectivity index (χ1n) is 9.47. The number of anilines is 3. The monoisotopic (exact) mass is 439 g/mol. The topological polar surface area (TPSA) is 186 Å². The van der Waals surface area contributed by atoms with Gasteiger partial charge in [0.15, 0.2) is 0 Å². The molecule has 0 radical (unpaired) electrons. The Morgan fingerprint density at radius 2 is 1.81 bits per heavy atom. The van der Waals surface area contributed by atoms with Crippen LogP contribution in [-0.2, 0) is 13.0 Å². The van der Waals surface area contributed by atoms with Crippen LogP contribution in [0.3, 0.4) is 0 Å². The van der Waals surface area contributed by atoms with Gasteiger partial charge >= 0.3 is 0 Å². The van der Waals surface area contributed by atoms with Gasteiger partial charge in [0.05, 0.1) is 22.0 Å². The minimum Gasteiger partial charge on any atom is -0.382 e. The van der Waals surface area contributed by atoms with Crippen molar-refractivity contribution in [3.8, 4) is 12.1 Å². The molecule has 0 bridgehead atoms. The molecule has 0 saturated heterocycles. The number of benzene rings is 1. The number of hydrogen-bond donors (Lipinski definition) is 3. The summed E-state index contributed by atoms with van der Waals surface area (Å²) in [6, 6.07) is 9.16. The van der Waals surface area contributed by atoms with Gasteiger partial charge in [0.1, 0.15) is 29.1 Å². The van der Waals surface area contributed by atoms with E-state index in [1.165, 1.54) is 0 Å². The molecule has 0 spiro atoms. The van der Waals surface area contributed by atoms with Crippen LogP contribution in [0, 0.1) is 22.7 Å². The largest absolute Gasteiger partial charge is 0.382 e. The van der Waals surface area contributed by atoms with Crippen LogP contribution in [-0.4, -0.2) is 19.5 Å². The van der Waals surface area contributed by atoms with Crippen molar-refractivity contribution in [1.29, 1.82) is 10.5 Å². The third-order valence-corrected chi connectivity index (χ3v) is 4.56. The Hall–Kier alpha value is -3.89. The summed E-state index contributed by atoms with van der Waals surface area (Å²) in [5.74, 6) is 0.763. The molecule has 3 aromatic rings. The highest BCUT2D eigenvalue weighted by atomic mass is 35.5. The van der Waals surface area contributed by atoms with Crippen LogP contribution in [0.25, 0.3) is 10.9 Å². The van der Waals surface area contributed by atoms with Gasteiger partial charge in [-0.05, 0) is 25.0 Å². The predicted octanol–water partition coefficient (Wildman–Crippen LogP) is 2.40. The van der Waals surface area contributed by atoms with E-state index in [9.17, 15) is 4.79 Å². The molecule has 0 aliphatic rings. The highest BCUT2D eigenvalue weighted by Crippen LogP contribution is 2.19. The first-order valence-corrected chi connectivity index (χ1v) is 9.85. The second-order valence-electron chi connectivity index (χ2n) is 6.47. The zero-order valence-electron chi connectivity index (χ0n) is 17.0. The van der Waals surface area contributed by atoms with E-state index in [4.69, 9.17) is 39.3 Å². The van der Waals surface area contributed by atoms with E-state index < -0.39 is 0 Å². The number of nitrogen functional groups attached to an aromatic ring is 3. The Labute approximate surface area is 183 Å². The van der Waals surface area contributed by atoms with Crippen molar-refractivity contribution < 1.29 is 0 Å². The van der Waals surface area contributed by atoms with Crippen molar-refractivity contribution in [1.82, 2.24) is 19.5 Å². The molecule has 0 unspecified atom stereocenters. The van der Waals surface area contributed by atoms with Crippen LogP contribution in [0.4, 0.5) is 17.6 Å². The maximum absolute atomic E-state index is 12.6. The molecular formula is C20H22ClN9O. The van der Waals surface area contributed by atoms with Crippen LogP contribution >= 0.6 is 11.6 Å². The van der Waals surface area contributed by atoms with Crippen LogP contribution in [0.2, 0.25) is 5.02 Å². The van der Waals surface area contributed by atoms with E-state index in [0.29, 0.717) is 35.3 Å². The molecule has 0 saturated carbocycles. The van der Waals surface area contributed by atoms with Crippen molar-refractivity contribution in [3.05, 3.63) is 45.0 Å². The van der Waals surface area contributed by atoms with E-state index in [2.05, 4.69) is 21.0 Å². The molecule has 31 heavy (non-hydrogen) atoms. The van der Waals surface area contributed by atoms with Crippen molar-refractivity contribution >= 4 is 40.1 Å². The lowest BCUT2D eigenvalue weighted by atomic mass is 10.2. The number of rotatable bonds is 5. The van der Waals surface area contributed by atoms with Gasteiger partial charge in [0.25, 0.3) is 5.56 Å². The summed E-state index contributed by atoms with van der Waals surface area (Å²) in [5, 5.41) is 18.0. The van der Waals surface area contributed by atoms with Gasteiger partial charge in [0, 0.05) is 19.4 Å². The van der Waals surface area contributed by atoms with E-state index in [-0.39, 0.29) is 28.7 Å². The van der Waals surface area contributed by atoms with Gasteiger partial charge in [-0.3, -0.25) is 9.36 Å². The minimum absolute atomic E-state index is 0.0116. The van der Waals surface area contributed by atoms with Crippen molar-refractivity contribution in [2.75, 3.05) is 17.2 Å². The first kappa shape index (κ1) is 23.4. The van der Waals surface area contributed by atoms with Gasteiger partial charge in [0.2, 0.25) is 5.95 Å². The summed E-state index contributed by atoms with van der Waals surface area (Å²) in [6.07, 6.45) is 2.73. The fourth-order valence-electron chi connectivity index (χ4n) is 2.86. The average molecular weight is 440 g/mol. The number of halogens is 1. The van der Waals surface area contributed by atoms with Gasteiger partial charge in [-0.25, -0.2) is 4.98 Å². The Morgan fingerprint density at radius 1 is 1.13 bits per heavy atom. The summed E-state index contributed by atoms with van der Waals surface area (Å²) in [5.41, 5.74) is 16.4. The number of aromatic nitrogens is 4. The quantitative estimate of drug-likeness (QED) is 0.501. The molecule has 0 amide bonds. The first-order chi connectivity index (χ1) is 14.8. The van der Waals surface area contributed by atoms with E-state index in [1.807, 2.05) is 6.92 Å². The SMILES string of the molecule is CCCc1nc2cccc(Cl)c2c(=O)n1CCCC#N.N#Cc1c(N)nc(N)nc1N. The molecule has 0 fully saturated rings. The van der Waals surface area contributed by atoms with Gasteiger partial charge in [-0.15, -0.1) is 0 Å². The summed E-state index contributed by atoms with van der Waals surface area (Å²) in [4.78, 5) is 24.3. The second-order valence-corrected chi connectivity index (χ2v) is 6.88. The molecular weight excluding hydrogens is 418 g/mol. The number of hydrogen-bond acceptors (Lipinski definition) is 9. The molecule has 0 aliphatic carbocycles. The Bertz CT molecular complexity index is 1200. The third kappa shape index (κ3) is 5.59. The van der Waals surface area contributed by atoms with Crippen LogP contribution in [0.5, 0.6) is 0 Å². The van der Waals surface area contributed by atoms with Crippen LogP contribution < -0.4 is 22.8 Å². The molecule has 160 valence electrons. The molecule has 2 heterocycles. The lowest BCUT2D eigenvalue weighted by Gasteiger charge is -2.12. The lowest BCUT2D eigenvalue weighted by Crippen LogP contribution is -2.25. The van der Waals surface area contributed by atoms with Crippen molar-refractivity contribution in [2.45, 2.75) is 39.2 Å². The normalized spacial score (nSPS) is 10.1. The molecule has 0 atom stereocenters. The molecule has 10 nitrogen and oxygen atoms in total. The number of aryl methyl sites for hydroxylation is 1. The molecule has 11 heteroatoms. The smallest absolute Gasteiger partial charge is 0.262 e. The molecule has 0 aliphatic heterocycles. The Morgan fingerprint density at radius 3 is 2.39 bits per heavy atom. The summed E-state index contributed by atoms with van der Waals surface area (Å²) in [6.45, 7) is 2.56. The summed E-state index contributed by atoms with van der Waals surface area (Å²) in [7, 11) is 0. The highest BCUT2D eigenvalue weighted by molar-refractivity contribution is 6.35. The minimum atomic E-state index is -0.109. The van der Waals surface area contributed by atoms with Crippen molar-refractivity contribution in [3.63, 3.8) is 0 Å². The van der Waals surface area contributed by atoms with Crippen LogP contribution in [0.15, 0.2) is 23.0 Å². The van der Waals surface area contributed by atoms with Gasteiger partial charge in [-0.2, -0.15) is 20.5 Å². The fourth-order valence-corrected chi connectivity index (χ4v) is 3.11. The molecule has 1 aromatic carbocycles. The third-order valence-electron chi connectivity index (χ3n) is 4.25. The number of fused-ring (bicyclic) bond motifs is 1. The second kappa shape index (κ2) is 10.8. The predicted molar refractivity (Wildman–Crippen MR) is 120 cm³/mol. The summed E-state index contributed by atoms with van der Waals surface area (Å²) >= 11 is 6.12. The lowest BCUT2D eigenvalue weighted by molar-refractivity contribution is 0.584. The number of nitrogens with zero attached hydrogens (tertiary/aromatic N) is 6. The van der Waals surface area contributed by atoms with E-state index in [1.54, 1.807) is 28.8 Å². The number of unbranched alkanes of at least 4 members (excludes halogenated alkanes) is 1. The average Bonchev–Trinajstić information content (AvgIpc) is 2.70. The van der Waals surface area contributed by atoms with Gasteiger partial charge < -0.3 is 17.2 Å². The van der Waals surface area contributed by atoms with Crippen molar-refractivity contribution in [2.24, 2.45) is 0 Å². The summed E-state index contributed by atoms with van der Waals surface area (Å²) < 4.78 is 1.66. The molecule has 2 aromatic heterocycles. The standard InChI is InChI=1S/C15H16ClN3O.C5H6N6/c1-2-6-13-18-12-8-5-7-11(16)14(12)15(20)19(13)10-4-3-9-17;6-1-2-3(7)10-5(9)11-4(2)8/h5,7-8H,2-4,6,10H2,1H3;(H6,7,8,9,10,11). The van der Waals surface area contributed by atoms with E-state index in [0.717, 1.165) is 18.7 Å². The molecule has 3 rings (SSSR count). The van der Waals surface area contributed by atoms with Crippen LogP contribution in [0.1, 0.15) is 37.6 Å². The zero-order valence-corrected chi connectivity index (χ0v) is 17.7. The highest BCUT2D eigenvalue weighted by Gasteiger charge is 2.12. The van der Waals surface area contributed by atoms with E-state index >= 15 is 0 Å². The maximum Gasteiger partial charge on any atom is 0.262 e. The maximum atomic E-state index is 12.6. The van der Waals surface area contributed by atoms with Gasteiger partial charge in [-0.1, -0.05) is 24.6 Å². The number of nitriles is 2. The zero-order chi connectivity index (χ0) is 23.0.